The molecule has 4 rings (SSSR count). The zero-order valence-corrected chi connectivity index (χ0v) is 22.5. The molecular weight excluding hydrogens is 535 g/mol. The van der Waals surface area contributed by atoms with E-state index in [0.717, 1.165) is 31.5 Å². The Hall–Kier alpha value is -2.67. The molecule has 1 atom stereocenters. The molecule has 8 nitrogen and oxygen atoms in total. The van der Waals surface area contributed by atoms with Crippen molar-refractivity contribution in [3.63, 3.8) is 0 Å². The first-order chi connectivity index (χ1) is 18.5. The van der Waals surface area contributed by atoms with Crippen molar-refractivity contribution < 1.29 is 36.3 Å². The summed E-state index contributed by atoms with van der Waals surface area (Å²) in [6.45, 7) is 4.16. The van der Waals surface area contributed by atoms with Crippen LogP contribution < -0.4 is 10.2 Å². The molecule has 39 heavy (non-hydrogen) atoms. The smallest absolute Gasteiger partial charge is 0.406 e. The lowest BCUT2D eigenvalue weighted by Crippen LogP contribution is -2.48. The number of hydrogen-bond donors (Lipinski definition) is 2. The second-order valence-electron chi connectivity index (χ2n) is 10.0. The van der Waals surface area contributed by atoms with Gasteiger partial charge in [0.2, 0.25) is 10.0 Å². The maximum atomic E-state index is 13.6. The van der Waals surface area contributed by atoms with E-state index in [1.54, 1.807) is 42.7 Å². The highest BCUT2D eigenvalue weighted by Crippen LogP contribution is 2.34. The number of rotatable bonds is 8. The first-order valence-electron chi connectivity index (χ1n) is 13.2. The lowest BCUT2D eigenvalue weighted by atomic mass is 9.88. The van der Waals surface area contributed by atoms with Crippen LogP contribution in [0.2, 0.25) is 0 Å². The molecule has 2 aliphatic rings. The molecular formula is C27H34F3N3O5S. The average molecular weight is 570 g/mol. The van der Waals surface area contributed by atoms with Crippen LogP contribution in [0.3, 0.4) is 0 Å². The Kier molecular flexibility index (Phi) is 9.20. The van der Waals surface area contributed by atoms with Crippen LogP contribution >= 0.6 is 0 Å². The molecule has 2 aromatic carbocycles. The number of likely N-dealkylation sites (tertiary alicyclic amines) is 1. The lowest BCUT2D eigenvalue weighted by Gasteiger charge is -2.41. The van der Waals surface area contributed by atoms with E-state index in [4.69, 9.17) is 5.21 Å². The molecule has 2 N–H and O–H groups in total. The van der Waals surface area contributed by atoms with E-state index in [9.17, 15) is 26.4 Å². The van der Waals surface area contributed by atoms with Gasteiger partial charge >= 0.3 is 6.36 Å². The van der Waals surface area contributed by atoms with Crippen molar-refractivity contribution in [3.8, 4) is 5.75 Å². The summed E-state index contributed by atoms with van der Waals surface area (Å²) in [6.07, 6.45) is -1.26. The number of piperidine rings is 2. The highest BCUT2D eigenvalue weighted by molar-refractivity contribution is 7.89. The molecule has 2 saturated heterocycles. The zero-order valence-electron chi connectivity index (χ0n) is 21.7. The highest BCUT2D eigenvalue weighted by atomic mass is 32.2. The number of hydrogen-bond acceptors (Lipinski definition) is 6. The summed E-state index contributed by atoms with van der Waals surface area (Å²) in [7, 11) is -3.83. The molecule has 2 heterocycles. The minimum absolute atomic E-state index is 0.0892. The van der Waals surface area contributed by atoms with Crippen LogP contribution in [-0.4, -0.2) is 67.3 Å². The minimum atomic E-state index is -4.71. The Bertz CT molecular complexity index is 1220. The van der Waals surface area contributed by atoms with Crippen LogP contribution in [0.4, 0.5) is 13.2 Å². The van der Waals surface area contributed by atoms with E-state index in [1.807, 2.05) is 0 Å². The number of carbonyl (C=O) groups excluding carboxylic acids is 1. The number of sulfonamides is 1. The van der Waals surface area contributed by atoms with Gasteiger partial charge in [-0.15, -0.1) is 13.2 Å². The molecule has 214 valence electrons. The van der Waals surface area contributed by atoms with Crippen molar-refractivity contribution in [1.29, 1.82) is 0 Å². The first kappa shape index (κ1) is 29.3. The van der Waals surface area contributed by atoms with Gasteiger partial charge in [0.05, 0.1) is 10.8 Å². The fraction of sp³-hybridized carbons (Fsp3) is 0.519. The number of amides is 1. The lowest BCUT2D eigenvalue weighted by molar-refractivity contribution is -0.274. The van der Waals surface area contributed by atoms with Gasteiger partial charge < -0.3 is 9.64 Å². The Labute approximate surface area is 226 Å². The van der Waals surface area contributed by atoms with E-state index in [-0.39, 0.29) is 22.6 Å². The largest absolute Gasteiger partial charge is 0.573 e. The number of hydroxylamine groups is 1. The Morgan fingerprint density at radius 3 is 2.21 bits per heavy atom. The molecule has 1 amide bonds. The summed E-state index contributed by atoms with van der Waals surface area (Å²) in [5.74, 6) is -1.41. The number of nitrogens with zero attached hydrogens (tertiary/aromatic N) is 2. The summed E-state index contributed by atoms with van der Waals surface area (Å²) in [5.41, 5.74) is 3.00. The summed E-state index contributed by atoms with van der Waals surface area (Å²) >= 11 is 0. The second kappa shape index (κ2) is 12.2. The van der Waals surface area contributed by atoms with Crippen LogP contribution in [0.5, 0.6) is 5.75 Å². The molecule has 2 aliphatic heterocycles. The number of halogens is 3. The first-order valence-corrected chi connectivity index (χ1v) is 14.6. The quantitative estimate of drug-likeness (QED) is 0.356. The molecule has 0 aromatic heterocycles. The average Bonchev–Trinajstić information content (AvgIpc) is 2.93. The van der Waals surface area contributed by atoms with Crippen molar-refractivity contribution in [3.05, 3.63) is 59.7 Å². The van der Waals surface area contributed by atoms with Crippen LogP contribution in [0, 0.1) is 0 Å². The van der Waals surface area contributed by atoms with E-state index < -0.39 is 28.2 Å². The number of carbonyl (C=O) groups is 1. The molecule has 0 aliphatic carbocycles. The highest BCUT2D eigenvalue weighted by Gasteiger charge is 2.36. The van der Waals surface area contributed by atoms with Crippen molar-refractivity contribution in [1.82, 2.24) is 14.7 Å². The zero-order chi connectivity index (χ0) is 28.2. The van der Waals surface area contributed by atoms with Gasteiger partial charge in [-0.25, -0.2) is 13.9 Å². The molecule has 2 fully saturated rings. The Morgan fingerprint density at radius 2 is 1.64 bits per heavy atom. The van der Waals surface area contributed by atoms with Crippen LogP contribution in [-0.2, 0) is 14.8 Å². The Morgan fingerprint density at radius 1 is 1.03 bits per heavy atom. The van der Waals surface area contributed by atoms with Gasteiger partial charge in [0.15, 0.2) is 0 Å². The monoisotopic (exact) mass is 569 g/mol. The van der Waals surface area contributed by atoms with Gasteiger partial charge in [0.25, 0.3) is 5.91 Å². The summed E-state index contributed by atoms with van der Waals surface area (Å²) in [4.78, 5) is 14.6. The Balaban J connectivity index is 1.34. The van der Waals surface area contributed by atoms with Gasteiger partial charge in [-0.3, -0.25) is 10.0 Å². The molecule has 0 radical (unpaired) electrons. The van der Waals surface area contributed by atoms with E-state index in [0.29, 0.717) is 37.9 Å². The maximum Gasteiger partial charge on any atom is 0.573 e. The maximum absolute atomic E-state index is 13.6. The number of nitrogens with one attached hydrogen (secondary N) is 1. The SMILES string of the molecule is CCC(C(=O)NO)c1ccccc1S(=O)(=O)N1CCC(N2CCC(c3ccc(OC(F)(F)F)cc3)CC2)CC1. The molecule has 0 saturated carbocycles. The van der Waals surface area contributed by atoms with Gasteiger partial charge in [-0.2, -0.15) is 4.31 Å². The fourth-order valence-corrected chi connectivity index (χ4v) is 7.48. The van der Waals surface area contributed by atoms with Crippen LogP contribution in [0.25, 0.3) is 0 Å². The summed E-state index contributed by atoms with van der Waals surface area (Å²) in [6, 6.07) is 12.8. The predicted octanol–water partition coefficient (Wildman–Crippen LogP) is 4.62. The molecule has 2 aromatic rings. The third kappa shape index (κ3) is 6.92. The van der Waals surface area contributed by atoms with Gasteiger partial charge in [0.1, 0.15) is 5.75 Å². The fourth-order valence-electron chi connectivity index (χ4n) is 5.75. The third-order valence-electron chi connectivity index (χ3n) is 7.80. The normalized spacial score (nSPS) is 19.5. The molecule has 0 spiro atoms. The van der Waals surface area contributed by atoms with Gasteiger partial charge in [-0.05, 0) is 80.4 Å². The topological polar surface area (TPSA) is 99.2 Å². The summed E-state index contributed by atoms with van der Waals surface area (Å²) in [5, 5.41) is 9.12. The van der Waals surface area contributed by atoms with Crippen molar-refractivity contribution in [2.24, 2.45) is 0 Å². The number of benzene rings is 2. The van der Waals surface area contributed by atoms with Crippen molar-refractivity contribution in [2.75, 3.05) is 26.2 Å². The van der Waals surface area contributed by atoms with Gasteiger partial charge in [-0.1, -0.05) is 37.3 Å². The standard InChI is InChI=1S/C27H34F3N3O5S/c1-2-23(26(34)31-35)24-5-3-4-6-25(24)39(36,37)33-17-13-21(14-18-33)32-15-11-20(12-16-32)19-7-9-22(10-8-19)38-27(28,29)30/h3-10,20-21,23,35H,2,11-18H2,1H3,(H,31,34). The minimum Gasteiger partial charge on any atom is -0.406 e. The van der Waals surface area contributed by atoms with E-state index >= 15 is 0 Å². The predicted molar refractivity (Wildman–Crippen MR) is 138 cm³/mol. The molecule has 0 bridgehead atoms. The molecule has 1 unspecified atom stereocenters. The summed E-state index contributed by atoms with van der Waals surface area (Å²) < 4.78 is 69.8. The van der Waals surface area contributed by atoms with Crippen LogP contribution in [0.1, 0.15) is 62.0 Å². The van der Waals surface area contributed by atoms with Crippen molar-refractivity contribution in [2.45, 2.75) is 68.2 Å². The van der Waals surface area contributed by atoms with Gasteiger partial charge in [0, 0.05) is 19.1 Å². The second-order valence-corrected chi connectivity index (χ2v) is 11.9. The van der Waals surface area contributed by atoms with E-state index in [2.05, 4.69) is 9.64 Å². The number of ether oxygens (including phenoxy) is 1. The van der Waals surface area contributed by atoms with E-state index in [1.165, 1.54) is 22.5 Å². The third-order valence-corrected chi connectivity index (χ3v) is 9.77. The van der Waals surface area contributed by atoms with Crippen LogP contribution in [0.15, 0.2) is 53.4 Å². The molecule has 12 heteroatoms. The van der Waals surface area contributed by atoms with Crippen molar-refractivity contribution >= 4 is 15.9 Å². The number of alkyl halides is 3.